The number of aliphatic hydroxyl groups is 1. The predicted molar refractivity (Wildman–Crippen MR) is 132 cm³/mol. The van der Waals surface area contributed by atoms with Crippen LogP contribution in [0.2, 0.25) is 0 Å². The number of benzene rings is 2. The van der Waals surface area contributed by atoms with Gasteiger partial charge in [-0.05, 0) is 48.4 Å². The third-order valence-corrected chi connectivity index (χ3v) is 6.22. The quantitative estimate of drug-likeness (QED) is 0.404. The maximum absolute atomic E-state index is 15.3. The van der Waals surface area contributed by atoms with Crippen LogP contribution in [0, 0.1) is 5.82 Å². The zero-order valence-corrected chi connectivity index (χ0v) is 20.1. The van der Waals surface area contributed by atoms with E-state index in [2.05, 4.69) is 10.1 Å². The first-order chi connectivity index (χ1) is 17.2. The number of halogens is 1. The summed E-state index contributed by atoms with van der Waals surface area (Å²) in [5.41, 5.74) is 0.388. The van der Waals surface area contributed by atoms with Crippen molar-refractivity contribution in [3.05, 3.63) is 77.5 Å². The van der Waals surface area contributed by atoms with Gasteiger partial charge in [-0.2, -0.15) is 5.10 Å². The van der Waals surface area contributed by atoms with Crippen molar-refractivity contribution in [2.75, 3.05) is 13.7 Å². The van der Waals surface area contributed by atoms with Crippen LogP contribution in [0.5, 0.6) is 5.75 Å². The van der Waals surface area contributed by atoms with E-state index < -0.39 is 17.3 Å². The van der Waals surface area contributed by atoms with Gasteiger partial charge in [0.25, 0.3) is 5.91 Å². The maximum atomic E-state index is 15.3. The molecule has 36 heavy (non-hydrogen) atoms. The minimum atomic E-state index is -2.13. The Balaban J connectivity index is 1.46. The summed E-state index contributed by atoms with van der Waals surface area (Å²) in [5, 5.41) is 16.1. The van der Waals surface area contributed by atoms with E-state index in [0.29, 0.717) is 23.4 Å². The molecule has 8 nitrogen and oxygen atoms in total. The number of nitrogens with zero attached hydrogens (tertiary/aromatic N) is 4. The summed E-state index contributed by atoms with van der Waals surface area (Å²) in [6, 6.07) is 11.5. The van der Waals surface area contributed by atoms with E-state index in [9.17, 15) is 9.90 Å². The number of aromatic nitrogens is 3. The Bertz CT molecular complexity index is 1470. The van der Waals surface area contributed by atoms with Gasteiger partial charge in [0.15, 0.2) is 7.85 Å². The highest BCUT2D eigenvalue weighted by molar-refractivity contribution is 6.19. The number of rotatable bonds is 7. The largest absolute Gasteiger partial charge is 0.486 e. The van der Waals surface area contributed by atoms with Gasteiger partial charge in [-0.3, -0.25) is 14.5 Å². The third kappa shape index (κ3) is 4.02. The van der Waals surface area contributed by atoms with Crippen LogP contribution < -0.4 is 4.74 Å². The molecule has 10 heteroatoms. The number of fused-ring (bicyclic) bond motifs is 2. The lowest BCUT2D eigenvalue weighted by atomic mass is 9.87. The maximum Gasteiger partial charge on any atom is 0.258 e. The molecule has 2 aromatic heterocycles. The fraction of sp³-hybridized carbons (Fsp3) is 0.269. The predicted octanol–water partition coefficient (Wildman–Crippen LogP) is 3.12. The van der Waals surface area contributed by atoms with E-state index in [4.69, 9.17) is 17.3 Å². The fourth-order valence-electron chi connectivity index (χ4n) is 4.53. The second-order valence-electron chi connectivity index (χ2n) is 8.88. The first-order valence-corrected chi connectivity index (χ1v) is 11.4. The smallest absolute Gasteiger partial charge is 0.258 e. The van der Waals surface area contributed by atoms with Crippen LogP contribution in [0.25, 0.3) is 22.0 Å². The summed E-state index contributed by atoms with van der Waals surface area (Å²) in [6.07, 6.45) is 3.13. The third-order valence-electron chi connectivity index (χ3n) is 6.22. The number of methoxy groups -OCH3 is 1. The fourth-order valence-corrected chi connectivity index (χ4v) is 4.53. The van der Waals surface area contributed by atoms with Gasteiger partial charge in [0.05, 0.1) is 24.4 Å². The summed E-state index contributed by atoms with van der Waals surface area (Å²) in [4.78, 5) is 17.9. The van der Waals surface area contributed by atoms with Crippen molar-refractivity contribution < 1.29 is 23.8 Å². The molecule has 5 rings (SSSR count). The van der Waals surface area contributed by atoms with Crippen molar-refractivity contribution in [2.24, 2.45) is 7.05 Å². The number of carbonyl (C=O) groups excluding carboxylic acids is 1. The molecule has 2 atom stereocenters. The lowest BCUT2D eigenvalue weighted by molar-refractivity contribution is -0.0227. The molecule has 3 heterocycles. The van der Waals surface area contributed by atoms with Crippen LogP contribution in [0.3, 0.4) is 0 Å². The minimum Gasteiger partial charge on any atom is -0.486 e. The van der Waals surface area contributed by atoms with Crippen molar-refractivity contribution in [1.29, 1.82) is 0 Å². The molecular formula is C26H24BFN4O4. The molecule has 2 unspecified atom stereocenters. The SMILES string of the molecule is [B]C1(O)c2ncccc2C(=O)N1Cc1ccc(-c2ccc(OC(C)COC)c3nn(C)cc23)cc1F. The highest BCUT2D eigenvalue weighted by Crippen LogP contribution is 2.37. The average Bonchev–Trinajstić information content (AvgIpc) is 3.32. The molecule has 1 aliphatic rings. The average molecular weight is 486 g/mol. The number of amides is 1. The second kappa shape index (κ2) is 9.03. The Labute approximate surface area is 208 Å². The Morgan fingerprint density at radius 2 is 2.03 bits per heavy atom. The molecule has 1 N–H and O–H groups in total. The van der Waals surface area contributed by atoms with Crippen molar-refractivity contribution in [3.8, 4) is 16.9 Å². The van der Waals surface area contributed by atoms with Crippen molar-refractivity contribution >= 4 is 24.7 Å². The van der Waals surface area contributed by atoms with Gasteiger partial charge in [-0.25, -0.2) is 4.39 Å². The number of pyridine rings is 1. The van der Waals surface area contributed by atoms with E-state index in [1.807, 2.05) is 32.3 Å². The summed E-state index contributed by atoms with van der Waals surface area (Å²) < 4.78 is 28.1. The normalized spacial score (nSPS) is 18.0. The Hall–Kier alpha value is -3.76. The van der Waals surface area contributed by atoms with Crippen LogP contribution in [-0.4, -0.2) is 58.3 Å². The number of hydrogen-bond donors (Lipinski definition) is 1. The molecule has 0 aliphatic carbocycles. The van der Waals surface area contributed by atoms with Crippen LogP contribution in [-0.2, 0) is 24.0 Å². The Morgan fingerprint density at radius 1 is 1.22 bits per heavy atom. The summed E-state index contributed by atoms with van der Waals surface area (Å²) in [5.74, 6) is -0.438. The molecule has 2 aromatic carbocycles. The molecule has 4 aromatic rings. The van der Waals surface area contributed by atoms with Crippen LogP contribution in [0.1, 0.15) is 28.5 Å². The first-order valence-electron chi connectivity index (χ1n) is 11.4. The van der Waals surface area contributed by atoms with Crippen LogP contribution in [0.15, 0.2) is 54.9 Å². The monoisotopic (exact) mass is 486 g/mol. The molecule has 2 radical (unpaired) electrons. The molecule has 182 valence electrons. The molecule has 0 saturated carbocycles. The van der Waals surface area contributed by atoms with Crippen molar-refractivity contribution in [1.82, 2.24) is 19.7 Å². The van der Waals surface area contributed by atoms with Gasteiger partial charge in [0, 0.05) is 37.5 Å². The number of aryl methyl sites for hydroxylation is 1. The van der Waals surface area contributed by atoms with E-state index in [1.165, 1.54) is 18.3 Å². The first kappa shape index (κ1) is 24.0. The highest BCUT2D eigenvalue weighted by atomic mass is 19.1. The minimum absolute atomic E-state index is 0.0492. The zero-order valence-electron chi connectivity index (χ0n) is 20.1. The standard InChI is InChI=1S/C26H24BFN4O4/c1-15(14-35-3)36-22-9-8-18(20-13-31(2)30-23(20)22)16-6-7-17(21(28)11-16)12-32-25(33)19-5-4-10-29-24(19)26(32,27)34/h4-11,13,15,34H,12,14H2,1-3H3. The van der Waals surface area contributed by atoms with Gasteiger partial charge in [0.1, 0.15) is 28.8 Å². The molecule has 1 amide bonds. The van der Waals surface area contributed by atoms with E-state index >= 15 is 4.39 Å². The van der Waals surface area contributed by atoms with Gasteiger partial charge in [-0.15, -0.1) is 0 Å². The second-order valence-corrected chi connectivity index (χ2v) is 8.88. The molecule has 1 aliphatic heterocycles. The summed E-state index contributed by atoms with van der Waals surface area (Å²) in [7, 11) is 9.44. The molecule has 0 bridgehead atoms. The number of ether oxygens (including phenoxy) is 2. The molecule has 0 saturated heterocycles. The van der Waals surface area contributed by atoms with E-state index in [1.54, 1.807) is 30.0 Å². The van der Waals surface area contributed by atoms with E-state index in [-0.39, 0.29) is 29.5 Å². The zero-order chi connectivity index (χ0) is 25.6. The van der Waals surface area contributed by atoms with Crippen molar-refractivity contribution in [2.45, 2.75) is 25.2 Å². The lowest BCUT2D eigenvalue weighted by Gasteiger charge is -2.31. The molecule has 0 spiro atoms. The Morgan fingerprint density at radius 3 is 2.75 bits per heavy atom. The van der Waals surface area contributed by atoms with Gasteiger partial charge < -0.3 is 19.5 Å². The highest BCUT2D eigenvalue weighted by Gasteiger charge is 2.45. The van der Waals surface area contributed by atoms with Gasteiger partial charge in [0.2, 0.25) is 0 Å². The Kier molecular flexibility index (Phi) is 6.01. The van der Waals surface area contributed by atoms with Crippen LogP contribution in [0.4, 0.5) is 4.39 Å². The van der Waals surface area contributed by atoms with Gasteiger partial charge >= 0.3 is 0 Å². The number of carbonyl (C=O) groups is 1. The molecular weight excluding hydrogens is 462 g/mol. The topological polar surface area (TPSA) is 89.7 Å². The number of hydrogen-bond acceptors (Lipinski definition) is 6. The van der Waals surface area contributed by atoms with Crippen LogP contribution >= 0.6 is 0 Å². The van der Waals surface area contributed by atoms with E-state index in [0.717, 1.165) is 15.8 Å². The lowest BCUT2D eigenvalue weighted by Crippen LogP contribution is -2.44. The summed E-state index contributed by atoms with van der Waals surface area (Å²) in [6.45, 7) is 2.12. The summed E-state index contributed by atoms with van der Waals surface area (Å²) >= 11 is 0. The van der Waals surface area contributed by atoms with Gasteiger partial charge in [-0.1, -0.05) is 12.1 Å². The molecule has 0 fully saturated rings. The van der Waals surface area contributed by atoms with Crippen molar-refractivity contribution in [3.63, 3.8) is 0 Å².